The molecule has 146 valence electrons. The highest BCUT2D eigenvalue weighted by molar-refractivity contribution is 7.89. The van der Waals surface area contributed by atoms with Crippen LogP contribution < -0.4 is 10.5 Å². The van der Waals surface area contributed by atoms with Gasteiger partial charge in [-0.2, -0.15) is 4.31 Å². The molecule has 7 nitrogen and oxygen atoms in total. The predicted molar refractivity (Wildman–Crippen MR) is 105 cm³/mol. The fraction of sp³-hybridized carbons (Fsp3) is 0.389. The van der Waals surface area contributed by atoms with E-state index in [0.717, 1.165) is 17.9 Å². The maximum Gasteiger partial charge on any atom is 0.246 e. The Hall–Kier alpha value is -1.87. The lowest BCUT2D eigenvalue weighted by molar-refractivity contribution is 0.181. The molecule has 1 aliphatic rings. The molecule has 0 amide bonds. The minimum Gasteiger partial charge on any atom is -0.494 e. The third kappa shape index (κ3) is 4.70. The van der Waals surface area contributed by atoms with Crippen LogP contribution in [0.2, 0.25) is 5.02 Å². The van der Waals surface area contributed by atoms with Gasteiger partial charge in [-0.15, -0.1) is 0 Å². The summed E-state index contributed by atoms with van der Waals surface area (Å²) in [5.74, 6) is 0.820. The number of nitrogens with two attached hydrogens (primary N) is 1. The molecule has 0 saturated carbocycles. The van der Waals surface area contributed by atoms with Crippen LogP contribution in [0.5, 0.6) is 5.75 Å². The van der Waals surface area contributed by atoms with Crippen molar-refractivity contribution in [1.82, 2.24) is 14.2 Å². The molecule has 1 aliphatic heterocycles. The van der Waals surface area contributed by atoms with Crippen molar-refractivity contribution in [3.63, 3.8) is 0 Å². The lowest BCUT2D eigenvalue weighted by Crippen LogP contribution is -2.48. The van der Waals surface area contributed by atoms with Crippen LogP contribution in [0, 0.1) is 0 Å². The topological polar surface area (TPSA) is 88.8 Å². The number of hydrogen-bond donors (Lipinski definition) is 1. The van der Waals surface area contributed by atoms with E-state index in [1.807, 2.05) is 31.2 Å². The van der Waals surface area contributed by atoms with Gasteiger partial charge in [-0.25, -0.2) is 13.4 Å². The fourth-order valence-corrected chi connectivity index (χ4v) is 4.76. The zero-order valence-electron chi connectivity index (χ0n) is 15.1. The summed E-state index contributed by atoms with van der Waals surface area (Å²) in [6.07, 6.45) is 1.34. The van der Waals surface area contributed by atoms with Crippen molar-refractivity contribution < 1.29 is 13.2 Å². The first-order valence-electron chi connectivity index (χ1n) is 8.75. The highest BCUT2D eigenvalue weighted by atomic mass is 35.5. The van der Waals surface area contributed by atoms with Gasteiger partial charge >= 0.3 is 0 Å². The molecule has 0 bridgehead atoms. The van der Waals surface area contributed by atoms with E-state index in [4.69, 9.17) is 22.1 Å². The van der Waals surface area contributed by atoms with Crippen LogP contribution in [0.25, 0.3) is 0 Å². The second-order valence-corrected chi connectivity index (χ2v) is 8.64. The summed E-state index contributed by atoms with van der Waals surface area (Å²) >= 11 is 5.89. The fourth-order valence-electron chi connectivity index (χ4n) is 3.02. The Morgan fingerprint density at radius 1 is 1.19 bits per heavy atom. The molecule has 1 aromatic heterocycles. The van der Waals surface area contributed by atoms with Gasteiger partial charge in [0, 0.05) is 38.9 Å². The number of nitrogens with zero attached hydrogens (tertiary/aromatic N) is 3. The predicted octanol–water partition coefficient (Wildman–Crippen LogP) is 2.22. The summed E-state index contributed by atoms with van der Waals surface area (Å²) in [5.41, 5.74) is 6.91. The minimum absolute atomic E-state index is 0.0313. The molecule has 0 atom stereocenters. The summed E-state index contributed by atoms with van der Waals surface area (Å²) < 4.78 is 32.6. The Balaban J connectivity index is 1.62. The van der Waals surface area contributed by atoms with Gasteiger partial charge in [0.1, 0.15) is 16.5 Å². The van der Waals surface area contributed by atoms with Crippen molar-refractivity contribution in [1.29, 1.82) is 0 Å². The highest BCUT2D eigenvalue weighted by Crippen LogP contribution is 2.25. The van der Waals surface area contributed by atoms with Crippen molar-refractivity contribution in [2.45, 2.75) is 18.4 Å². The molecule has 0 aliphatic carbocycles. The maximum absolute atomic E-state index is 12.8. The Morgan fingerprint density at radius 2 is 1.85 bits per heavy atom. The van der Waals surface area contributed by atoms with Crippen molar-refractivity contribution in [3.05, 3.63) is 47.1 Å². The summed E-state index contributed by atoms with van der Waals surface area (Å²) in [6.45, 7) is 5.43. The Kier molecular flexibility index (Phi) is 6.21. The van der Waals surface area contributed by atoms with Crippen LogP contribution in [0.1, 0.15) is 12.5 Å². The summed E-state index contributed by atoms with van der Waals surface area (Å²) in [7, 11) is -3.71. The van der Waals surface area contributed by atoms with E-state index in [9.17, 15) is 8.42 Å². The molecule has 0 spiro atoms. The molecule has 27 heavy (non-hydrogen) atoms. The number of anilines is 1. The van der Waals surface area contributed by atoms with Crippen LogP contribution in [0.15, 0.2) is 41.4 Å². The van der Waals surface area contributed by atoms with Crippen LogP contribution in [-0.2, 0) is 16.6 Å². The lowest BCUT2D eigenvalue weighted by atomic mass is 10.2. The Morgan fingerprint density at radius 3 is 2.48 bits per heavy atom. The quantitative estimate of drug-likeness (QED) is 0.785. The van der Waals surface area contributed by atoms with Gasteiger partial charge in [0.15, 0.2) is 0 Å². The number of benzene rings is 1. The normalized spacial score (nSPS) is 16.4. The molecule has 1 fully saturated rings. The van der Waals surface area contributed by atoms with Gasteiger partial charge in [0.2, 0.25) is 10.0 Å². The van der Waals surface area contributed by atoms with E-state index in [1.54, 1.807) is 0 Å². The Labute approximate surface area is 164 Å². The molecule has 0 unspecified atom stereocenters. The molecule has 9 heteroatoms. The summed E-state index contributed by atoms with van der Waals surface area (Å²) in [5, 5.41) is 0.247. The summed E-state index contributed by atoms with van der Waals surface area (Å²) in [4.78, 5) is 6.04. The summed E-state index contributed by atoms with van der Waals surface area (Å²) in [6, 6.07) is 9.33. The third-order valence-corrected chi connectivity index (χ3v) is 6.57. The molecule has 2 N–H and O–H groups in total. The van der Waals surface area contributed by atoms with Gasteiger partial charge < -0.3 is 10.5 Å². The molecular weight excluding hydrogens is 388 g/mol. The number of halogens is 1. The maximum atomic E-state index is 12.8. The minimum atomic E-state index is -3.71. The zero-order valence-corrected chi connectivity index (χ0v) is 16.7. The first kappa shape index (κ1) is 19.9. The lowest BCUT2D eigenvalue weighted by Gasteiger charge is -2.34. The van der Waals surface area contributed by atoms with Crippen molar-refractivity contribution >= 4 is 27.4 Å². The van der Waals surface area contributed by atoms with Crippen molar-refractivity contribution in [2.24, 2.45) is 0 Å². The van der Waals surface area contributed by atoms with Crippen LogP contribution in [0.3, 0.4) is 0 Å². The zero-order chi connectivity index (χ0) is 19.4. The van der Waals surface area contributed by atoms with E-state index >= 15 is 0 Å². The van der Waals surface area contributed by atoms with Gasteiger partial charge in [0.25, 0.3) is 0 Å². The van der Waals surface area contributed by atoms with E-state index < -0.39 is 10.0 Å². The van der Waals surface area contributed by atoms with Gasteiger partial charge in [-0.1, -0.05) is 23.7 Å². The number of aromatic nitrogens is 1. The second-order valence-electron chi connectivity index (χ2n) is 6.29. The number of ether oxygens (including phenoxy) is 1. The van der Waals surface area contributed by atoms with Gasteiger partial charge in [0.05, 0.1) is 11.6 Å². The highest BCUT2D eigenvalue weighted by Gasteiger charge is 2.30. The third-order valence-electron chi connectivity index (χ3n) is 4.44. The molecular formula is C18H23ClN4O3S. The molecule has 3 rings (SSSR count). The molecule has 2 aromatic rings. The average Bonchev–Trinajstić information content (AvgIpc) is 2.66. The van der Waals surface area contributed by atoms with Crippen molar-refractivity contribution in [3.8, 4) is 5.75 Å². The largest absolute Gasteiger partial charge is 0.494 e. The smallest absolute Gasteiger partial charge is 0.246 e. The number of rotatable bonds is 6. The van der Waals surface area contributed by atoms with Gasteiger partial charge in [-0.3, -0.25) is 4.90 Å². The van der Waals surface area contributed by atoms with Crippen LogP contribution >= 0.6 is 11.6 Å². The standard InChI is InChI=1S/C18H23ClN4O3S/c1-2-26-16-5-3-14(4-6-16)13-22-7-9-23(10-8-22)27(24,25)17-11-15(19)12-21-18(17)20/h3-6,11-12H,2,7-10,13H2,1H3,(H2,20,21). The van der Waals surface area contributed by atoms with Crippen LogP contribution in [0.4, 0.5) is 5.82 Å². The van der Waals surface area contributed by atoms with E-state index in [0.29, 0.717) is 32.8 Å². The van der Waals surface area contributed by atoms with Gasteiger partial charge in [-0.05, 0) is 30.7 Å². The van der Waals surface area contributed by atoms with E-state index in [1.165, 1.54) is 16.6 Å². The van der Waals surface area contributed by atoms with E-state index in [-0.39, 0.29) is 15.7 Å². The van der Waals surface area contributed by atoms with E-state index in [2.05, 4.69) is 9.88 Å². The molecule has 0 radical (unpaired) electrons. The monoisotopic (exact) mass is 410 g/mol. The number of sulfonamides is 1. The number of nitrogen functional groups attached to an aromatic ring is 1. The second kappa shape index (κ2) is 8.43. The average molecular weight is 411 g/mol. The molecule has 1 saturated heterocycles. The molecule has 2 heterocycles. The first-order chi connectivity index (χ1) is 12.9. The number of hydrogen-bond acceptors (Lipinski definition) is 6. The molecule has 1 aromatic carbocycles. The SMILES string of the molecule is CCOc1ccc(CN2CCN(S(=O)(=O)c3cc(Cl)cnc3N)CC2)cc1. The number of piperazine rings is 1. The van der Waals surface area contributed by atoms with Crippen molar-refractivity contribution in [2.75, 3.05) is 38.5 Å². The Bertz CT molecular complexity index is 882. The number of pyridine rings is 1. The van der Waals surface area contributed by atoms with Crippen LogP contribution in [-0.4, -0.2) is 55.4 Å². The first-order valence-corrected chi connectivity index (χ1v) is 10.6.